The first-order chi connectivity index (χ1) is 10.3. The fraction of sp³-hybridized carbons (Fsp3) is 0.0667. The number of thiophene rings is 1. The molecule has 7 heteroatoms. The zero-order valence-electron chi connectivity index (χ0n) is 11.0. The van der Waals surface area contributed by atoms with Gasteiger partial charge in [-0.3, -0.25) is 0 Å². The molecule has 1 heterocycles. The number of halogens is 4. The first kappa shape index (κ1) is 15.0. The molecule has 3 rings (SSSR count). The number of hydrogen-bond acceptors (Lipinski definition) is 3. The maximum atomic E-state index is 13.0. The van der Waals surface area contributed by atoms with Gasteiger partial charge in [0, 0.05) is 10.1 Å². The van der Waals surface area contributed by atoms with Crippen LogP contribution in [0, 0.1) is 0 Å². The zero-order chi connectivity index (χ0) is 16.1. The molecule has 3 aromatic rings. The van der Waals surface area contributed by atoms with Crippen LogP contribution in [-0.4, -0.2) is 0 Å². The van der Waals surface area contributed by atoms with Gasteiger partial charge < -0.3 is 11.5 Å². The van der Waals surface area contributed by atoms with Crippen LogP contribution >= 0.6 is 22.9 Å². The molecule has 0 bridgehead atoms. The summed E-state index contributed by atoms with van der Waals surface area (Å²) in [6.07, 6.45) is -4.51. The standard InChI is InChI=1S/C15H10ClF3N2S/c16-10-5-4-7(6-9(10)15(17,18)19)8-2-1-3-11-12(8)13(20)14(21)22-11/h1-6H,20-21H2. The quantitative estimate of drug-likeness (QED) is 0.621. The Balaban J connectivity index is 2.29. The smallest absolute Gasteiger partial charge is 0.396 e. The molecule has 0 radical (unpaired) electrons. The van der Waals surface area contributed by atoms with Crippen LogP contribution in [-0.2, 0) is 6.18 Å². The van der Waals surface area contributed by atoms with Gasteiger partial charge in [-0.1, -0.05) is 29.8 Å². The molecule has 0 fully saturated rings. The maximum Gasteiger partial charge on any atom is 0.417 e. The van der Waals surface area contributed by atoms with Crippen molar-refractivity contribution in [2.24, 2.45) is 0 Å². The second kappa shape index (κ2) is 5.07. The van der Waals surface area contributed by atoms with Gasteiger partial charge in [-0.2, -0.15) is 13.2 Å². The van der Waals surface area contributed by atoms with Crippen LogP contribution in [0.5, 0.6) is 0 Å². The van der Waals surface area contributed by atoms with Crippen LogP contribution in [0.25, 0.3) is 21.2 Å². The van der Waals surface area contributed by atoms with Gasteiger partial charge in [0.2, 0.25) is 0 Å². The van der Waals surface area contributed by atoms with E-state index < -0.39 is 11.7 Å². The number of rotatable bonds is 1. The third kappa shape index (κ3) is 2.38. The molecule has 114 valence electrons. The zero-order valence-corrected chi connectivity index (χ0v) is 12.6. The van der Waals surface area contributed by atoms with Crippen molar-refractivity contribution >= 4 is 43.7 Å². The van der Waals surface area contributed by atoms with Gasteiger partial charge in [-0.05, 0) is 29.3 Å². The fourth-order valence-electron chi connectivity index (χ4n) is 2.34. The lowest BCUT2D eigenvalue weighted by Crippen LogP contribution is -2.06. The first-order valence-electron chi connectivity index (χ1n) is 6.22. The summed E-state index contributed by atoms with van der Waals surface area (Å²) in [5, 5.41) is 0.786. The maximum absolute atomic E-state index is 13.0. The van der Waals surface area contributed by atoms with Crippen LogP contribution in [0.1, 0.15) is 5.56 Å². The summed E-state index contributed by atoms with van der Waals surface area (Å²) >= 11 is 6.96. The molecule has 0 atom stereocenters. The average Bonchev–Trinajstić information content (AvgIpc) is 2.73. The predicted octanol–water partition coefficient (Wildman–Crippen LogP) is 5.40. The molecule has 1 aromatic heterocycles. The van der Waals surface area contributed by atoms with Crippen molar-refractivity contribution in [2.75, 3.05) is 11.5 Å². The molecule has 0 unspecified atom stereocenters. The van der Waals surface area contributed by atoms with Gasteiger partial charge >= 0.3 is 6.18 Å². The minimum Gasteiger partial charge on any atom is -0.396 e. The summed E-state index contributed by atoms with van der Waals surface area (Å²) < 4.78 is 39.9. The third-order valence-corrected chi connectivity index (χ3v) is 4.69. The van der Waals surface area contributed by atoms with E-state index in [0.717, 1.165) is 10.8 Å². The van der Waals surface area contributed by atoms with Crippen LogP contribution in [0.3, 0.4) is 0 Å². The Morgan fingerprint density at radius 2 is 1.77 bits per heavy atom. The van der Waals surface area contributed by atoms with E-state index >= 15 is 0 Å². The van der Waals surface area contributed by atoms with Crippen molar-refractivity contribution in [3.63, 3.8) is 0 Å². The summed E-state index contributed by atoms with van der Waals surface area (Å²) in [7, 11) is 0. The summed E-state index contributed by atoms with van der Waals surface area (Å²) in [5.41, 5.74) is 12.3. The minimum absolute atomic E-state index is 0.332. The molecule has 22 heavy (non-hydrogen) atoms. The number of anilines is 2. The highest BCUT2D eigenvalue weighted by Gasteiger charge is 2.33. The van der Waals surface area contributed by atoms with E-state index in [9.17, 15) is 13.2 Å². The van der Waals surface area contributed by atoms with Gasteiger partial charge in [0.25, 0.3) is 0 Å². The molecule has 0 aliphatic carbocycles. The fourth-order valence-corrected chi connectivity index (χ4v) is 3.48. The second-order valence-corrected chi connectivity index (χ2v) is 6.24. The SMILES string of the molecule is Nc1sc2cccc(-c3ccc(Cl)c(C(F)(F)F)c3)c2c1N. The monoisotopic (exact) mass is 342 g/mol. The number of fused-ring (bicyclic) bond motifs is 1. The average molecular weight is 343 g/mol. The van der Waals surface area contributed by atoms with Crippen LogP contribution in [0.15, 0.2) is 36.4 Å². The van der Waals surface area contributed by atoms with Crippen LogP contribution in [0.4, 0.5) is 23.9 Å². The molecule has 0 amide bonds. The van der Waals surface area contributed by atoms with Crippen LogP contribution in [0.2, 0.25) is 5.02 Å². The number of nitrogens with two attached hydrogens (primary N) is 2. The normalized spacial score (nSPS) is 12.0. The summed E-state index contributed by atoms with van der Waals surface area (Å²) in [6.45, 7) is 0. The molecule has 2 nitrogen and oxygen atoms in total. The third-order valence-electron chi connectivity index (χ3n) is 3.36. The number of alkyl halides is 3. The summed E-state index contributed by atoms with van der Waals surface area (Å²) in [4.78, 5) is 0. The molecule has 0 saturated heterocycles. The van der Waals surface area contributed by atoms with Crippen molar-refractivity contribution < 1.29 is 13.2 Å². The lowest BCUT2D eigenvalue weighted by atomic mass is 9.99. The highest BCUT2D eigenvalue weighted by molar-refractivity contribution is 7.23. The molecule has 0 spiro atoms. The van der Waals surface area contributed by atoms with Gasteiger partial charge in [-0.25, -0.2) is 0 Å². The number of hydrogen-bond donors (Lipinski definition) is 2. The van der Waals surface area contributed by atoms with E-state index in [-0.39, 0.29) is 5.02 Å². The van der Waals surface area contributed by atoms with Crippen molar-refractivity contribution in [1.82, 2.24) is 0 Å². The van der Waals surface area contributed by atoms with Gasteiger partial charge in [0.05, 0.1) is 16.3 Å². The van der Waals surface area contributed by atoms with Crippen LogP contribution < -0.4 is 11.5 Å². The van der Waals surface area contributed by atoms with Crippen molar-refractivity contribution in [2.45, 2.75) is 6.18 Å². The highest BCUT2D eigenvalue weighted by atomic mass is 35.5. The lowest BCUT2D eigenvalue weighted by molar-refractivity contribution is -0.137. The Hall–Kier alpha value is -1.92. The van der Waals surface area contributed by atoms with E-state index in [1.165, 1.54) is 17.4 Å². The number of nitrogen functional groups attached to an aromatic ring is 2. The Labute approximate surface area is 133 Å². The lowest BCUT2D eigenvalue weighted by Gasteiger charge is -2.12. The Bertz CT molecular complexity index is 871. The van der Waals surface area contributed by atoms with E-state index in [0.29, 0.717) is 27.2 Å². The van der Waals surface area contributed by atoms with E-state index in [4.69, 9.17) is 23.1 Å². The molecule has 0 aliphatic heterocycles. The summed E-state index contributed by atoms with van der Waals surface area (Å²) in [5.74, 6) is 0. The molecule has 0 aliphatic rings. The largest absolute Gasteiger partial charge is 0.417 e. The van der Waals surface area contributed by atoms with E-state index in [1.54, 1.807) is 18.2 Å². The highest BCUT2D eigenvalue weighted by Crippen LogP contribution is 2.43. The van der Waals surface area contributed by atoms with E-state index in [1.807, 2.05) is 6.07 Å². The molecule has 0 saturated carbocycles. The van der Waals surface area contributed by atoms with Crippen molar-refractivity contribution in [3.8, 4) is 11.1 Å². The van der Waals surface area contributed by atoms with Gasteiger partial charge in [0.15, 0.2) is 0 Å². The number of benzene rings is 2. The van der Waals surface area contributed by atoms with Crippen molar-refractivity contribution in [3.05, 3.63) is 47.0 Å². The Morgan fingerprint density at radius 1 is 1.05 bits per heavy atom. The predicted molar refractivity (Wildman–Crippen MR) is 86.1 cm³/mol. The molecule has 4 N–H and O–H groups in total. The molecule has 2 aromatic carbocycles. The second-order valence-electron chi connectivity index (χ2n) is 4.75. The Morgan fingerprint density at radius 3 is 2.45 bits per heavy atom. The molecular formula is C15H10ClF3N2S. The first-order valence-corrected chi connectivity index (χ1v) is 7.42. The molecular weight excluding hydrogens is 333 g/mol. The van der Waals surface area contributed by atoms with Gasteiger partial charge in [-0.15, -0.1) is 11.3 Å². The summed E-state index contributed by atoms with van der Waals surface area (Å²) in [6, 6.07) is 9.12. The minimum atomic E-state index is -4.51. The van der Waals surface area contributed by atoms with E-state index in [2.05, 4.69) is 0 Å². The Kier molecular flexibility index (Phi) is 3.45. The van der Waals surface area contributed by atoms with Crippen molar-refractivity contribution in [1.29, 1.82) is 0 Å². The van der Waals surface area contributed by atoms with Gasteiger partial charge in [0.1, 0.15) is 5.00 Å². The topological polar surface area (TPSA) is 52.0 Å².